The molecule has 0 radical (unpaired) electrons. The summed E-state index contributed by atoms with van der Waals surface area (Å²) in [6.45, 7) is -0.351. The van der Waals surface area contributed by atoms with Crippen LogP contribution in [0.15, 0.2) is 32.3 Å². The Balaban J connectivity index is 2.53. The molecule has 1 aromatic heterocycles. The van der Waals surface area contributed by atoms with Gasteiger partial charge in [0, 0.05) is 13.6 Å². The molecule has 0 atom stereocenters. The van der Waals surface area contributed by atoms with Gasteiger partial charge in [-0.05, 0) is 18.2 Å². The van der Waals surface area contributed by atoms with Crippen molar-refractivity contribution >= 4 is 21.1 Å². The number of benzene rings is 1. The number of aromatic nitrogens is 1. The Bertz CT molecular complexity index is 728. The monoisotopic (exact) mass is 272 g/mol. The van der Waals surface area contributed by atoms with Crippen molar-refractivity contribution in [1.82, 2.24) is 9.29 Å². The van der Waals surface area contributed by atoms with E-state index in [1.807, 2.05) is 0 Å². The molecule has 0 fully saturated rings. The average molecular weight is 272 g/mol. The molecule has 2 N–H and O–H groups in total. The number of rotatable bonds is 4. The van der Waals surface area contributed by atoms with Gasteiger partial charge in [-0.3, -0.25) is 4.57 Å². The zero-order chi connectivity index (χ0) is 13.3. The number of oxazole rings is 1. The topological polar surface area (TPSA) is 102 Å². The molecule has 8 heteroatoms. The normalized spacial score (nSPS) is 12.1. The van der Waals surface area contributed by atoms with E-state index in [0.29, 0.717) is 11.1 Å². The third-order valence-corrected chi connectivity index (χ3v) is 3.94. The number of hydrogen-bond acceptors (Lipinski definition) is 5. The Morgan fingerprint density at radius 1 is 1.44 bits per heavy atom. The first-order chi connectivity index (χ1) is 8.45. The van der Waals surface area contributed by atoms with Crippen LogP contribution in [0.4, 0.5) is 0 Å². The smallest absolute Gasteiger partial charge is 0.408 e. The van der Waals surface area contributed by atoms with Crippen LogP contribution < -0.4 is 10.5 Å². The number of fused-ring (bicyclic) bond motifs is 1. The van der Waals surface area contributed by atoms with Crippen molar-refractivity contribution < 1.29 is 17.9 Å². The quantitative estimate of drug-likeness (QED) is 0.774. The second kappa shape index (κ2) is 4.56. The molecule has 0 saturated carbocycles. The first kappa shape index (κ1) is 12.8. The number of hydrogen-bond donors (Lipinski definition) is 2. The number of aryl methyl sites for hydroxylation is 1. The molecule has 18 heavy (non-hydrogen) atoms. The molecule has 0 unspecified atom stereocenters. The lowest BCUT2D eigenvalue weighted by molar-refractivity contribution is 0.301. The highest BCUT2D eigenvalue weighted by Gasteiger charge is 2.16. The van der Waals surface area contributed by atoms with E-state index in [9.17, 15) is 13.2 Å². The van der Waals surface area contributed by atoms with Crippen LogP contribution in [-0.4, -0.2) is 31.2 Å². The first-order valence-corrected chi connectivity index (χ1v) is 6.64. The van der Waals surface area contributed by atoms with E-state index in [1.54, 1.807) is 0 Å². The van der Waals surface area contributed by atoms with E-state index in [1.165, 1.54) is 29.8 Å². The van der Waals surface area contributed by atoms with Crippen LogP contribution in [0, 0.1) is 0 Å². The van der Waals surface area contributed by atoms with Crippen LogP contribution >= 0.6 is 0 Å². The van der Waals surface area contributed by atoms with E-state index in [2.05, 4.69) is 4.72 Å². The summed E-state index contributed by atoms with van der Waals surface area (Å²) in [6, 6.07) is 4.11. The maximum Gasteiger partial charge on any atom is 0.419 e. The largest absolute Gasteiger partial charge is 0.419 e. The Labute approximate surface area is 103 Å². The van der Waals surface area contributed by atoms with Crippen molar-refractivity contribution in [2.45, 2.75) is 4.90 Å². The highest BCUT2D eigenvalue weighted by atomic mass is 32.2. The third kappa shape index (κ3) is 2.17. The summed E-state index contributed by atoms with van der Waals surface area (Å²) in [6.07, 6.45) is 0. The first-order valence-electron chi connectivity index (χ1n) is 5.16. The molecule has 0 amide bonds. The number of nitrogens with one attached hydrogen (secondary N) is 1. The number of aliphatic hydroxyl groups excluding tert-OH is 1. The summed E-state index contributed by atoms with van der Waals surface area (Å²) in [5, 5.41) is 8.61. The second-order valence-corrected chi connectivity index (χ2v) is 5.44. The predicted octanol–water partition coefficient (Wildman–Crippen LogP) is -0.598. The lowest BCUT2D eigenvalue weighted by Gasteiger charge is -2.05. The van der Waals surface area contributed by atoms with Crippen molar-refractivity contribution in [1.29, 1.82) is 0 Å². The van der Waals surface area contributed by atoms with Gasteiger partial charge in [-0.15, -0.1) is 0 Å². The highest BCUT2D eigenvalue weighted by molar-refractivity contribution is 7.89. The maximum atomic E-state index is 11.8. The predicted molar refractivity (Wildman–Crippen MR) is 63.7 cm³/mol. The molecule has 98 valence electrons. The SMILES string of the molecule is Cn1c(=O)oc2ccc(S(=O)(=O)NCCO)cc21. The molecule has 0 bridgehead atoms. The van der Waals surface area contributed by atoms with Crippen molar-refractivity contribution in [2.75, 3.05) is 13.2 Å². The van der Waals surface area contributed by atoms with Gasteiger partial charge in [0.1, 0.15) is 0 Å². The summed E-state index contributed by atoms with van der Waals surface area (Å²) in [4.78, 5) is 11.3. The van der Waals surface area contributed by atoms with Gasteiger partial charge in [0.2, 0.25) is 10.0 Å². The van der Waals surface area contributed by atoms with Gasteiger partial charge in [0.15, 0.2) is 5.58 Å². The van der Waals surface area contributed by atoms with Gasteiger partial charge in [0.05, 0.1) is 17.0 Å². The molecule has 2 rings (SSSR count). The lowest BCUT2D eigenvalue weighted by Crippen LogP contribution is -2.26. The molecular weight excluding hydrogens is 260 g/mol. The minimum atomic E-state index is -3.69. The van der Waals surface area contributed by atoms with Gasteiger partial charge in [-0.25, -0.2) is 17.9 Å². The number of sulfonamides is 1. The van der Waals surface area contributed by atoms with Crippen LogP contribution in [0.25, 0.3) is 11.1 Å². The van der Waals surface area contributed by atoms with Crippen molar-refractivity contribution in [2.24, 2.45) is 7.05 Å². The molecule has 2 aromatic rings. The summed E-state index contributed by atoms with van der Waals surface area (Å²) < 4.78 is 32.0. The molecule has 0 spiro atoms. The van der Waals surface area contributed by atoms with Gasteiger partial charge in [-0.2, -0.15) is 0 Å². The highest BCUT2D eigenvalue weighted by Crippen LogP contribution is 2.17. The summed E-state index contributed by atoms with van der Waals surface area (Å²) >= 11 is 0. The maximum absolute atomic E-state index is 11.8. The van der Waals surface area contributed by atoms with E-state index in [4.69, 9.17) is 9.52 Å². The standard InChI is InChI=1S/C10H12N2O5S/c1-12-8-6-7(18(15,16)11-4-5-13)2-3-9(8)17-10(12)14/h2-3,6,11,13H,4-5H2,1H3. The zero-order valence-corrected chi connectivity index (χ0v) is 10.4. The van der Waals surface area contributed by atoms with Gasteiger partial charge in [0.25, 0.3) is 0 Å². The zero-order valence-electron chi connectivity index (χ0n) is 9.58. The molecule has 0 aliphatic carbocycles. The summed E-state index contributed by atoms with van der Waals surface area (Å²) in [5.74, 6) is -0.553. The van der Waals surface area contributed by atoms with E-state index in [0.717, 1.165) is 0 Å². The fourth-order valence-corrected chi connectivity index (χ4v) is 2.58. The van der Waals surface area contributed by atoms with E-state index in [-0.39, 0.29) is 18.0 Å². The van der Waals surface area contributed by atoms with E-state index >= 15 is 0 Å². The molecule has 1 heterocycles. The Morgan fingerprint density at radius 2 is 2.17 bits per heavy atom. The summed E-state index contributed by atoms with van der Waals surface area (Å²) in [7, 11) is -2.20. The minimum Gasteiger partial charge on any atom is -0.408 e. The lowest BCUT2D eigenvalue weighted by atomic mass is 10.3. The average Bonchev–Trinajstić information content (AvgIpc) is 2.62. The van der Waals surface area contributed by atoms with Gasteiger partial charge < -0.3 is 9.52 Å². The fraction of sp³-hybridized carbons (Fsp3) is 0.300. The molecule has 0 saturated heterocycles. The molecule has 7 nitrogen and oxygen atoms in total. The van der Waals surface area contributed by atoms with Crippen LogP contribution in [0.1, 0.15) is 0 Å². The summed E-state index contributed by atoms with van der Waals surface area (Å²) in [5.41, 5.74) is 0.718. The number of nitrogens with zero attached hydrogens (tertiary/aromatic N) is 1. The Hall–Kier alpha value is -1.64. The van der Waals surface area contributed by atoms with Crippen molar-refractivity contribution in [3.63, 3.8) is 0 Å². The van der Waals surface area contributed by atoms with Gasteiger partial charge >= 0.3 is 5.76 Å². The number of aliphatic hydroxyl groups is 1. The third-order valence-electron chi connectivity index (χ3n) is 2.48. The Morgan fingerprint density at radius 3 is 2.83 bits per heavy atom. The molecule has 1 aromatic carbocycles. The van der Waals surface area contributed by atoms with E-state index < -0.39 is 15.8 Å². The van der Waals surface area contributed by atoms with Crippen LogP contribution in [-0.2, 0) is 17.1 Å². The molecular formula is C10H12N2O5S. The Kier molecular flexibility index (Phi) is 3.24. The fourth-order valence-electron chi connectivity index (χ4n) is 1.54. The minimum absolute atomic E-state index is 0.0138. The van der Waals surface area contributed by atoms with Crippen molar-refractivity contribution in [3.8, 4) is 0 Å². The van der Waals surface area contributed by atoms with Crippen molar-refractivity contribution in [3.05, 3.63) is 28.7 Å². The molecule has 0 aliphatic heterocycles. The van der Waals surface area contributed by atoms with Crippen LogP contribution in [0.5, 0.6) is 0 Å². The van der Waals surface area contributed by atoms with Crippen LogP contribution in [0.2, 0.25) is 0 Å². The second-order valence-electron chi connectivity index (χ2n) is 3.68. The van der Waals surface area contributed by atoms with Crippen LogP contribution in [0.3, 0.4) is 0 Å². The molecule has 0 aliphatic rings. The van der Waals surface area contributed by atoms with Gasteiger partial charge in [-0.1, -0.05) is 0 Å².